The summed E-state index contributed by atoms with van der Waals surface area (Å²) in [7, 11) is -2.76. The van der Waals surface area contributed by atoms with Gasteiger partial charge in [0.1, 0.15) is 24.5 Å². The van der Waals surface area contributed by atoms with Gasteiger partial charge in [0.15, 0.2) is 11.5 Å². The highest BCUT2D eigenvalue weighted by Gasteiger charge is 2.39. The largest absolute Gasteiger partial charge is 0.695 e. The molecule has 4 N–H and O–H groups in total. The normalized spacial score (nSPS) is 21.4. The lowest BCUT2D eigenvalue weighted by Crippen LogP contribution is -2.39. The maximum absolute atomic E-state index is 12.5. The number of hydrogen-bond donors (Lipinski definition) is 3. The molecule has 0 aromatic carbocycles. The van der Waals surface area contributed by atoms with E-state index in [1.54, 1.807) is 0 Å². The Morgan fingerprint density at radius 1 is 1.46 bits per heavy atom. The van der Waals surface area contributed by atoms with Crippen LogP contribution in [0.1, 0.15) is 6.42 Å². The predicted octanol–water partition coefficient (Wildman–Crippen LogP) is -0.963. The summed E-state index contributed by atoms with van der Waals surface area (Å²) in [5.74, 6) is -0.0642. The third-order valence-corrected chi connectivity index (χ3v) is 4.36. The molecule has 12 heteroatoms. The second kappa shape index (κ2) is 6.73. The Kier molecular flexibility index (Phi) is 4.67. The van der Waals surface area contributed by atoms with E-state index >= 15 is 0 Å². The number of likely N-dealkylation sites (tertiary alicyclic amines) is 1. The van der Waals surface area contributed by atoms with E-state index in [4.69, 9.17) is 15.2 Å². The van der Waals surface area contributed by atoms with Crippen LogP contribution < -0.4 is 5.73 Å². The van der Waals surface area contributed by atoms with Crippen LogP contribution in [0, 0.1) is 0 Å². The van der Waals surface area contributed by atoms with Gasteiger partial charge >= 0.3 is 8.25 Å². The summed E-state index contributed by atoms with van der Waals surface area (Å²) in [5.41, 5.74) is 6.55. The van der Waals surface area contributed by atoms with Gasteiger partial charge < -0.3 is 20.3 Å². The maximum Gasteiger partial charge on any atom is 0.695 e. The summed E-state index contributed by atoms with van der Waals surface area (Å²) < 4.78 is 17.2. The zero-order chi connectivity index (χ0) is 17.3. The Morgan fingerprint density at radius 2 is 2.25 bits per heavy atom. The molecule has 128 valence electrons. The summed E-state index contributed by atoms with van der Waals surface area (Å²) in [5, 5.41) is 9.43. The fourth-order valence-electron chi connectivity index (χ4n) is 2.81. The molecule has 24 heavy (non-hydrogen) atoms. The lowest BCUT2D eigenvalue weighted by molar-refractivity contribution is -0.133. The Balaban J connectivity index is 1.76. The van der Waals surface area contributed by atoms with E-state index < -0.39 is 20.4 Å². The molecule has 0 radical (unpaired) electrons. The van der Waals surface area contributed by atoms with Gasteiger partial charge in [-0.3, -0.25) is 4.79 Å². The fourth-order valence-corrected chi connectivity index (χ4v) is 3.21. The van der Waals surface area contributed by atoms with Crippen molar-refractivity contribution in [3.63, 3.8) is 0 Å². The van der Waals surface area contributed by atoms with Crippen molar-refractivity contribution >= 4 is 31.1 Å². The second-order valence-electron chi connectivity index (χ2n) is 5.39. The molecule has 1 aliphatic rings. The molecule has 0 saturated carbocycles. The summed E-state index contributed by atoms with van der Waals surface area (Å²) in [6.45, 7) is -0.176. The van der Waals surface area contributed by atoms with Crippen molar-refractivity contribution in [2.24, 2.45) is 0 Å². The Bertz CT molecular complexity index is 782. The van der Waals surface area contributed by atoms with Crippen LogP contribution in [0.5, 0.6) is 0 Å². The van der Waals surface area contributed by atoms with Crippen molar-refractivity contribution in [2.45, 2.75) is 25.1 Å². The lowest BCUT2D eigenvalue weighted by atomic mass is 10.2. The van der Waals surface area contributed by atoms with E-state index in [1.807, 2.05) is 0 Å². The minimum atomic E-state index is -2.76. The first-order valence-corrected chi connectivity index (χ1v) is 8.27. The molecule has 11 nitrogen and oxygen atoms in total. The molecule has 3 atom stereocenters. The SMILES string of the molecule is Nc1ncnc2c1ncn2CC(=O)N1C[C@H](O[P+](=O)O)C[C@H]1CO. The van der Waals surface area contributed by atoms with Crippen molar-refractivity contribution < 1.29 is 23.9 Å². The monoisotopic (exact) mass is 355 g/mol. The molecule has 1 saturated heterocycles. The van der Waals surface area contributed by atoms with Crippen molar-refractivity contribution in [1.29, 1.82) is 0 Å². The zero-order valence-corrected chi connectivity index (χ0v) is 13.4. The number of fused-ring (bicyclic) bond motifs is 1. The van der Waals surface area contributed by atoms with Crippen molar-refractivity contribution in [3.8, 4) is 0 Å². The maximum atomic E-state index is 12.5. The van der Waals surface area contributed by atoms with Gasteiger partial charge in [0, 0.05) is 11.0 Å². The highest BCUT2D eigenvalue weighted by atomic mass is 31.1. The first-order valence-electron chi connectivity index (χ1n) is 7.14. The minimum Gasteiger partial charge on any atom is -0.394 e. The molecule has 1 unspecified atom stereocenters. The first kappa shape index (κ1) is 16.7. The molecule has 3 rings (SSSR count). The van der Waals surface area contributed by atoms with Crippen LogP contribution in [0.15, 0.2) is 12.7 Å². The molecule has 2 aromatic rings. The fraction of sp³-hybridized carbons (Fsp3) is 0.500. The number of amides is 1. The van der Waals surface area contributed by atoms with E-state index in [0.29, 0.717) is 17.6 Å². The molecule has 1 aliphatic heterocycles. The lowest BCUT2D eigenvalue weighted by Gasteiger charge is -2.22. The summed E-state index contributed by atoms with van der Waals surface area (Å²) in [6, 6.07) is -0.466. The average molecular weight is 355 g/mol. The van der Waals surface area contributed by atoms with Crippen LogP contribution in [0.4, 0.5) is 5.82 Å². The number of anilines is 1. The molecule has 0 aliphatic carbocycles. The number of imidazole rings is 1. The molecular weight excluding hydrogens is 339 g/mol. The third kappa shape index (κ3) is 3.20. The Labute approximate surface area is 137 Å². The van der Waals surface area contributed by atoms with Crippen LogP contribution in [0.25, 0.3) is 11.2 Å². The van der Waals surface area contributed by atoms with Crippen LogP contribution in [-0.4, -0.2) is 65.6 Å². The van der Waals surface area contributed by atoms with Crippen LogP contribution >= 0.6 is 8.25 Å². The number of rotatable bonds is 5. The number of aromatic nitrogens is 4. The molecule has 0 bridgehead atoms. The smallest absolute Gasteiger partial charge is 0.394 e. The molecule has 0 spiro atoms. The van der Waals surface area contributed by atoms with Gasteiger partial charge in [0.25, 0.3) is 0 Å². The van der Waals surface area contributed by atoms with Crippen molar-refractivity contribution in [2.75, 3.05) is 18.9 Å². The quantitative estimate of drug-likeness (QED) is 0.574. The zero-order valence-electron chi connectivity index (χ0n) is 12.5. The Morgan fingerprint density at radius 3 is 2.96 bits per heavy atom. The second-order valence-corrected chi connectivity index (χ2v) is 6.07. The molecule has 1 amide bonds. The van der Waals surface area contributed by atoms with Gasteiger partial charge in [-0.05, 0) is 0 Å². The minimum absolute atomic E-state index is 0.0541. The van der Waals surface area contributed by atoms with Gasteiger partial charge in [0.2, 0.25) is 5.91 Å². The topological polar surface area (TPSA) is 157 Å². The third-order valence-electron chi connectivity index (χ3n) is 3.88. The standard InChI is InChI=1S/C12H15N6O5P/c13-11-10-12(15-5-14-11)17(6-16-10)3-9(20)18-2-8(23-24(21)22)1-7(18)4-19/h5-8,19H,1-4H2,(H2-,13,14,15,21,22)/p+1/t7-,8+/m0/s1. The number of carbonyl (C=O) groups is 1. The molecule has 1 fully saturated rings. The summed E-state index contributed by atoms with van der Waals surface area (Å²) >= 11 is 0. The number of nitrogens with two attached hydrogens (primary N) is 1. The molecule has 2 aromatic heterocycles. The number of nitrogen functional groups attached to an aromatic ring is 1. The van der Waals surface area contributed by atoms with Crippen LogP contribution in [-0.2, 0) is 20.4 Å². The van der Waals surface area contributed by atoms with Gasteiger partial charge in [-0.1, -0.05) is 0 Å². The molecule has 3 heterocycles. The number of nitrogens with zero attached hydrogens (tertiary/aromatic N) is 5. The van der Waals surface area contributed by atoms with Gasteiger partial charge in [-0.2, -0.15) is 0 Å². The van der Waals surface area contributed by atoms with Gasteiger partial charge in [-0.25, -0.2) is 15.0 Å². The van der Waals surface area contributed by atoms with E-state index in [9.17, 15) is 14.5 Å². The highest BCUT2D eigenvalue weighted by Crippen LogP contribution is 2.28. The van der Waals surface area contributed by atoms with E-state index in [0.717, 1.165) is 0 Å². The molecular formula is C12H16N6O5P+. The first-order chi connectivity index (χ1) is 11.5. The van der Waals surface area contributed by atoms with Crippen molar-refractivity contribution in [1.82, 2.24) is 24.4 Å². The van der Waals surface area contributed by atoms with Crippen LogP contribution in [0.2, 0.25) is 0 Å². The number of carbonyl (C=O) groups excluding carboxylic acids is 1. The Hall–Kier alpha value is -2.20. The van der Waals surface area contributed by atoms with Gasteiger partial charge in [0.05, 0.1) is 25.5 Å². The number of hydrogen-bond acceptors (Lipinski definition) is 8. The predicted molar refractivity (Wildman–Crippen MR) is 81.6 cm³/mol. The number of aliphatic hydroxyl groups excluding tert-OH is 1. The summed E-state index contributed by atoms with van der Waals surface area (Å²) in [6.07, 6.45) is 2.44. The van der Waals surface area contributed by atoms with E-state index in [2.05, 4.69) is 15.0 Å². The van der Waals surface area contributed by atoms with Crippen molar-refractivity contribution in [3.05, 3.63) is 12.7 Å². The van der Waals surface area contributed by atoms with Gasteiger partial charge in [-0.15, -0.1) is 9.42 Å². The van der Waals surface area contributed by atoms with E-state index in [1.165, 1.54) is 22.1 Å². The number of aliphatic hydroxyl groups is 1. The summed E-state index contributed by atoms with van der Waals surface area (Å²) in [4.78, 5) is 34.8. The average Bonchev–Trinajstić information content (AvgIpc) is 3.12. The van der Waals surface area contributed by atoms with E-state index in [-0.39, 0.29) is 31.4 Å². The highest BCUT2D eigenvalue weighted by molar-refractivity contribution is 7.32. The van der Waals surface area contributed by atoms with Crippen LogP contribution in [0.3, 0.4) is 0 Å².